The minimum atomic E-state index is 0.119. The molecule has 2 N–H and O–H groups in total. The summed E-state index contributed by atoms with van der Waals surface area (Å²) in [6, 6.07) is 0.465. The number of nitrogens with two attached hydrogens (primary N) is 1. The zero-order chi connectivity index (χ0) is 13.9. The van der Waals surface area contributed by atoms with E-state index in [9.17, 15) is 4.79 Å². The van der Waals surface area contributed by atoms with E-state index in [2.05, 4.69) is 9.88 Å². The molecule has 2 aliphatic carbocycles. The van der Waals surface area contributed by atoms with Crippen molar-refractivity contribution in [2.75, 3.05) is 6.54 Å². The number of nitrogens with zero attached hydrogens (tertiary/aromatic N) is 2. The van der Waals surface area contributed by atoms with Crippen LogP contribution in [0.5, 0.6) is 0 Å². The molecule has 0 spiro atoms. The lowest BCUT2D eigenvalue weighted by Crippen LogP contribution is -2.38. The monoisotopic (exact) mass is 293 g/mol. The molecule has 0 unspecified atom stereocenters. The maximum absolute atomic E-state index is 12.7. The van der Waals surface area contributed by atoms with Crippen molar-refractivity contribution in [2.45, 2.75) is 57.5 Å². The zero-order valence-corrected chi connectivity index (χ0v) is 12.7. The van der Waals surface area contributed by atoms with Crippen molar-refractivity contribution < 1.29 is 4.79 Å². The largest absolute Gasteiger partial charge is 0.334 e. The Labute approximate surface area is 124 Å². The summed E-state index contributed by atoms with van der Waals surface area (Å²) in [7, 11) is 0. The number of aromatic nitrogens is 1. The van der Waals surface area contributed by atoms with Crippen LogP contribution < -0.4 is 5.73 Å². The van der Waals surface area contributed by atoms with E-state index in [0.717, 1.165) is 24.4 Å². The third kappa shape index (κ3) is 3.20. The lowest BCUT2D eigenvalue weighted by atomic mass is 9.89. The van der Waals surface area contributed by atoms with E-state index in [1.165, 1.54) is 43.4 Å². The van der Waals surface area contributed by atoms with Gasteiger partial charge in [-0.15, -0.1) is 11.3 Å². The maximum atomic E-state index is 12.7. The van der Waals surface area contributed by atoms with Gasteiger partial charge in [0.25, 0.3) is 5.91 Å². The van der Waals surface area contributed by atoms with Crippen LogP contribution in [-0.4, -0.2) is 28.4 Å². The average Bonchev–Trinajstić information content (AvgIpc) is 3.21. The van der Waals surface area contributed by atoms with Crippen molar-refractivity contribution in [1.82, 2.24) is 9.88 Å². The van der Waals surface area contributed by atoms with E-state index in [0.29, 0.717) is 24.2 Å². The average molecular weight is 293 g/mol. The second-order valence-corrected chi connectivity index (χ2v) is 6.97. The van der Waals surface area contributed by atoms with Crippen molar-refractivity contribution >= 4 is 17.2 Å². The van der Waals surface area contributed by atoms with Gasteiger partial charge in [0.05, 0.1) is 0 Å². The molecule has 1 aromatic rings. The molecule has 2 saturated carbocycles. The first-order valence-corrected chi connectivity index (χ1v) is 8.61. The summed E-state index contributed by atoms with van der Waals surface area (Å²) in [5.74, 6) is 0.815. The van der Waals surface area contributed by atoms with E-state index in [-0.39, 0.29) is 5.91 Å². The molecule has 1 heterocycles. The predicted molar refractivity (Wildman–Crippen MR) is 80.6 cm³/mol. The summed E-state index contributed by atoms with van der Waals surface area (Å²) in [4.78, 5) is 19.1. The first-order valence-electron chi connectivity index (χ1n) is 7.73. The number of carbonyl (C=O) groups excluding carboxylic acids is 1. The molecule has 1 amide bonds. The fourth-order valence-electron chi connectivity index (χ4n) is 3.08. The molecule has 1 aromatic heterocycles. The highest BCUT2D eigenvalue weighted by atomic mass is 32.1. The van der Waals surface area contributed by atoms with E-state index in [4.69, 9.17) is 5.73 Å². The van der Waals surface area contributed by atoms with E-state index in [1.807, 2.05) is 5.38 Å². The van der Waals surface area contributed by atoms with E-state index < -0.39 is 0 Å². The van der Waals surface area contributed by atoms with Gasteiger partial charge in [0.2, 0.25) is 0 Å². The van der Waals surface area contributed by atoms with Gasteiger partial charge in [-0.3, -0.25) is 4.79 Å². The molecule has 0 atom stereocenters. The molecule has 0 saturated heterocycles. The van der Waals surface area contributed by atoms with Crippen molar-refractivity contribution in [3.8, 4) is 0 Å². The first kappa shape index (κ1) is 14.0. The van der Waals surface area contributed by atoms with Crippen LogP contribution in [0.4, 0.5) is 0 Å². The van der Waals surface area contributed by atoms with Crippen LogP contribution >= 0.6 is 11.3 Å². The predicted octanol–water partition coefficient (Wildman–Crippen LogP) is 2.79. The molecule has 2 aliphatic rings. The highest BCUT2D eigenvalue weighted by Crippen LogP contribution is 2.32. The molecular weight excluding hydrogens is 270 g/mol. The Morgan fingerprint density at radius 2 is 2.05 bits per heavy atom. The SMILES string of the molecule is NCc1nc(C(=O)N(CC2CCCCC2)C2CC2)cs1. The molecule has 110 valence electrons. The number of thiazole rings is 1. The summed E-state index contributed by atoms with van der Waals surface area (Å²) in [5.41, 5.74) is 6.18. The lowest BCUT2D eigenvalue weighted by molar-refractivity contribution is 0.0693. The molecule has 5 heteroatoms. The van der Waals surface area contributed by atoms with Gasteiger partial charge in [-0.05, 0) is 31.6 Å². The fourth-order valence-corrected chi connectivity index (χ4v) is 3.73. The van der Waals surface area contributed by atoms with Crippen LogP contribution in [0.3, 0.4) is 0 Å². The Morgan fingerprint density at radius 3 is 2.65 bits per heavy atom. The number of hydrogen-bond donors (Lipinski definition) is 1. The van der Waals surface area contributed by atoms with Crippen molar-refractivity contribution in [3.05, 3.63) is 16.1 Å². The second-order valence-electron chi connectivity index (χ2n) is 6.02. The van der Waals surface area contributed by atoms with Crippen LogP contribution in [0.15, 0.2) is 5.38 Å². The molecule has 0 aliphatic heterocycles. The fraction of sp³-hybridized carbons (Fsp3) is 0.733. The maximum Gasteiger partial charge on any atom is 0.273 e. The summed E-state index contributed by atoms with van der Waals surface area (Å²) in [5, 5.41) is 2.71. The Morgan fingerprint density at radius 1 is 1.30 bits per heavy atom. The third-order valence-corrected chi connectivity index (χ3v) is 5.24. The van der Waals surface area contributed by atoms with Gasteiger partial charge in [-0.1, -0.05) is 19.3 Å². The van der Waals surface area contributed by atoms with Gasteiger partial charge >= 0.3 is 0 Å². The number of amides is 1. The minimum Gasteiger partial charge on any atom is -0.334 e. The smallest absolute Gasteiger partial charge is 0.273 e. The Bertz CT molecular complexity index is 463. The lowest BCUT2D eigenvalue weighted by Gasteiger charge is -2.29. The van der Waals surface area contributed by atoms with Crippen molar-refractivity contribution in [3.63, 3.8) is 0 Å². The second kappa shape index (κ2) is 6.22. The molecule has 2 fully saturated rings. The van der Waals surface area contributed by atoms with Gasteiger partial charge in [0.15, 0.2) is 0 Å². The normalized spacial score (nSPS) is 20.1. The minimum absolute atomic E-state index is 0.119. The number of rotatable bonds is 5. The van der Waals surface area contributed by atoms with Crippen LogP contribution in [0, 0.1) is 5.92 Å². The van der Waals surface area contributed by atoms with Crippen LogP contribution in [0.1, 0.15) is 60.4 Å². The molecule has 0 bridgehead atoms. The van der Waals surface area contributed by atoms with Crippen molar-refractivity contribution in [1.29, 1.82) is 0 Å². The van der Waals surface area contributed by atoms with Gasteiger partial charge in [-0.25, -0.2) is 4.98 Å². The molecule has 20 heavy (non-hydrogen) atoms. The first-order chi connectivity index (χ1) is 9.78. The molecule has 4 nitrogen and oxygen atoms in total. The van der Waals surface area contributed by atoms with E-state index >= 15 is 0 Å². The summed E-state index contributed by atoms with van der Waals surface area (Å²) in [6.07, 6.45) is 8.89. The van der Waals surface area contributed by atoms with Crippen molar-refractivity contribution in [2.24, 2.45) is 11.7 Å². The van der Waals surface area contributed by atoms with Gasteiger partial charge in [0.1, 0.15) is 10.7 Å². The zero-order valence-electron chi connectivity index (χ0n) is 11.9. The topological polar surface area (TPSA) is 59.2 Å². The summed E-state index contributed by atoms with van der Waals surface area (Å²) in [6.45, 7) is 1.35. The van der Waals surface area contributed by atoms with Crippen LogP contribution in [-0.2, 0) is 6.54 Å². The summed E-state index contributed by atoms with van der Waals surface area (Å²) < 4.78 is 0. The Kier molecular flexibility index (Phi) is 4.36. The van der Waals surface area contributed by atoms with Crippen LogP contribution in [0.2, 0.25) is 0 Å². The Balaban J connectivity index is 1.67. The number of carbonyl (C=O) groups is 1. The summed E-state index contributed by atoms with van der Waals surface area (Å²) >= 11 is 1.49. The molecule has 0 radical (unpaired) electrons. The van der Waals surface area contributed by atoms with Gasteiger partial charge in [0, 0.05) is 24.5 Å². The molecule has 3 rings (SSSR count). The third-order valence-electron chi connectivity index (χ3n) is 4.37. The highest BCUT2D eigenvalue weighted by Gasteiger charge is 2.35. The van der Waals surface area contributed by atoms with Gasteiger partial charge in [-0.2, -0.15) is 0 Å². The standard InChI is InChI=1S/C15H23N3OS/c16-8-14-17-13(10-20-14)15(19)18(12-6-7-12)9-11-4-2-1-3-5-11/h10-12H,1-9,16H2. The Hall–Kier alpha value is -0.940. The van der Waals surface area contributed by atoms with Crippen LogP contribution in [0.25, 0.3) is 0 Å². The molecular formula is C15H23N3OS. The van der Waals surface area contributed by atoms with Gasteiger partial charge < -0.3 is 10.6 Å². The number of hydrogen-bond acceptors (Lipinski definition) is 4. The highest BCUT2D eigenvalue weighted by molar-refractivity contribution is 7.09. The van der Waals surface area contributed by atoms with E-state index in [1.54, 1.807) is 0 Å². The quantitative estimate of drug-likeness (QED) is 0.908. The molecule has 0 aromatic carbocycles.